The lowest BCUT2D eigenvalue weighted by Gasteiger charge is -2.08. The molecule has 3 heteroatoms. The molecule has 0 fully saturated rings. The van der Waals surface area contributed by atoms with Crippen molar-refractivity contribution >= 4 is 13.7 Å². The highest BCUT2D eigenvalue weighted by atomic mass is 16.5. The molecule has 0 bridgehead atoms. The highest BCUT2D eigenvalue weighted by Gasteiger charge is 2.02. The minimum absolute atomic E-state index is 0.768. The van der Waals surface area contributed by atoms with Crippen molar-refractivity contribution in [1.29, 1.82) is 0 Å². The zero-order valence-corrected chi connectivity index (χ0v) is 5.42. The first-order valence-electron chi connectivity index (χ1n) is 2.88. The molecule has 0 saturated heterocycles. The summed E-state index contributed by atoms with van der Waals surface area (Å²) in [5, 5.41) is 0. The standard InChI is InChI=1S/C6H8BNO/c1-9-6-3-2-5(7)4-8-6/h4H,2-3H2,1H3. The molecule has 0 spiro atoms. The van der Waals surface area contributed by atoms with E-state index < -0.39 is 0 Å². The van der Waals surface area contributed by atoms with Crippen molar-refractivity contribution in [2.75, 3.05) is 7.11 Å². The van der Waals surface area contributed by atoms with E-state index >= 15 is 0 Å². The van der Waals surface area contributed by atoms with Crippen LogP contribution in [-0.2, 0) is 4.74 Å². The summed E-state index contributed by atoms with van der Waals surface area (Å²) in [5.41, 5.74) is 0.829. The summed E-state index contributed by atoms with van der Waals surface area (Å²) >= 11 is 0. The van der Waals surface area contributed by atoms with Gasteiger partial charge in [0.1, 0.15) is 7.85 Å². The maximum atomic E-state index is 5.45. The van der Waals surface area contributed by atoms with E-state index in [1.165, 1.54) is 0 Å². The Morgan fingerprint density at radius 2 is 2.44 bits per heavy atom. The number of hydrogen-bond acceptors (Lipinski definition) is 2. The highest BCUT2D eigenvalue weighted by molar-refractivity contribution is 6.22. The van der Waals surface area contributed by atoms with Gasteiger partial charge < -0.3 is 4.74 Å². The van der Waals surface area contributed by atoms with Gasteiger partial charge in [-0.25, -0.2) is 4.99 Å². The van der Waals surface area contributed by atoms with Crippen molar-refractivity contribution in [3.05, 3.63) is 11.7 Å². The molecule has 2 radical (unpaired) electrons. The van der Waals surface area contributed by atoms with Gasteiger partial charge in [-0.2, -0.15) is 0 Å². The van der Waals surface area contributed by atoms with E-state index in [1.807, 2.05) is 0 Å². The topological polar surface area (TPSA) is 21.6 Å². The van der Waals surface area contributed by atoms with Crippen LogP contribution in [0.1, 0.15) is 12.8 Å². The van der Waals surface area contributed by atoms with Crippen molar-refractivity contribution in [2.24, 2.45) is 4.99 Å². The van der Waals surface area contributed by atoms with Crippen LogP contribution in [0.4, 0.5) is 0 Å². The van der Waals surface area contributed by atoms with E-state index in [0.717, 1.165) is 24.2 Å². The van der Waals surface area contributed by atoms with Crippen molar-refractivity contribution < 1.29 is 4.74 Å². The van der Waals surface area contributed by atoms with Crippen LogP contribution in [0.2, 0.25) is 0 Å². The zero-order chi connectivity index (χ0) is 6.69. The third-order valence-corrected chi connectivity index (χ3v) is 1.24. The Bertz CT molecular complexity index is 162. The number of methoxy groups -OCH3 is 1. The molecule has 0 unspecified atom stereocenters. The summed E-state index contributed by atoms with van der Waals surface area (Å²) in [6.45, 7) is 0. The molecule has 0 aromatic carbocycles. The normalized spacial score (nSPS) is 18.3. The summed E-state index contributed by atoms with van der Waals surface area (Å²) in [7, 11) is 7.07. The molecule has 46 valence electrons. The molecule has 0 N–H and O–H groups in total. The molecular formula is C6H8BNO. The number of rotatable bonds is 0. The minimum atomic E-state index is 0.768. The summed E-state index contributed by atoms with van der Waals surface area (Å²) in [6, 6.07) is 0. The molecule has 1 rings (SSSR count). The fraction of sp³-hybridized carbons (Fsp3) is 0.500. The first kappa shape index (κ1) is 6.40. The van der Waals surface area contributed by atoms with E-state index in [0.29, 0.717) is 0 Å². The predicted octanol–water partition coefficient (Wildman–Crippen LogP) is 0.835. The Balaban J connectivity index is 2.59. The summed E-state index contributed by atoms with van der Waals surface area (Å²) in [6.07, 6.45) is 3.34. The van der Waals surface area contributed by atoms with Gasteiger partial charge in [-0.3, -0.25) is 0 Å². The fourth-order valence-corrected chi connectivity index (χ4v) is 0.690. The van der Waals surface area contributed by atoms with Gasteiger partial charge in [-0.05, 0) is 6.42 Å². The first-order valence-corrected chi connectivity index (χ1v) is 2.88. The van der Waals surface area contributed by atoms with Crippen LogP contribution in [-0.4, -0.2) is 20.9 Å². The number of aliphatic imine (C=N–C) groups is 1. The zero-order valence-electron chi connectivity index (χ0n) is 5.42. The van der Waals surface area contributed by atoms with Gasteiger partial charge in [0, 0.05) is 12.6 Å². The van der Waals surface area contributed by atoms with Crippen LogP contribution in [0.5, 0.6) is 0 Å². The molecule has 1 heterocycles. The number of ether oxygens (including phenoxy) is 1. The second-order valence-corrected chi connectivity index (χ2v) is 1.93. The molecule has 9 heavy (non-hydrogen) atoms. The second kappa shape index (κ2) is 2.71. The maximum Gasteiger partial charge on any atom is 0.187 e. The van der Waals surface area contributed by atoms with Gasteiger partial charge in [0.25, 0.3) is 0 Å². The fourth-order valence-electron chi connectivity index (χ4n) is 0.690. The smallest absolute Gasteiger partial charge is 0.187 e. The van der Waals surface area contributed by atoms with Gasteiger partial charge >= 0.3 is 0 Å². The summed E-state index contributed by atoms with van der Waals surface area (Å²) in [4.78, 5) is 3.94. The van der Waals surface area contributed by atoms with E-state index in [1.54, 1.807) is 13.3 Å². The van der Waals surface area contributed by atoms with Gasteiger partial charge in [-0.1, -0.05) is 5.47 Å². The van der Waals surface area contributed by atoms with Crippen LogP contribution in [0.3, 0.4) is 0 Å². The number of allylic oxidation sites excluding steroid dienone is 1. The van der Waals surface area contributed by atoms with E-state index in [4.69, 9.17) is 12.6 Å². The van der Waals surface area contributed by atoms with Crippen molar-refractivity contribution in [1.82, 2.24) is 0 Å². The third kappa shape index (κ3) is 1.59. The van der Waals surface area contributed by atoms with Crippen LogP contribution in [0, 0.1) is 0 Å². The SMILES string of the molecule is [B]C1=CN=C(OC)CC1. The number of hydrogen-bond donors (Lipinski definition) is 0. The molecule has 0 aromatic rings. The number of nitrogens with zero attached hydrogens (tertiary/aromatic N) is 1. The van der Waals surface area contributed by atoms with Crippen LogP contribution in [0.25, 0.3) is 0 Å². The van der Waals surface area contributed by atoms with E-state index in [2.05, 4.69) is 4.99 Å². The minimum Gasteiger partial charge on any atom is -0.484 e. The molecule has 0 saturated carbocycles. The Labute approximate surface area is 56.0 Å². The van der Waals surface area contributed by atoms with Crippen LogP contribution >= 0.6 is 0 Å². The maximum absolute atomic E-state index is 5.45. The lowest BCUT2D eigenvalue weighted by Crippen LogP contribution is -2.04. The van der Waals surface area contributed by atoms with Crippen molar-refractivity contribution in [3.63, 3.8) is 0 Å². The lowest BCUT2D eigenvalue weighted by molar-refractivity contribution is 0.389. The summed E-state index contributed by atoms with van der Waals surface area (Å²) in [5.74, 6) is 0.768. The largest absolute Gasteiger partial charge is 0.484 e. The van der Waals surface area contributed by atoms with Gasteiger partial charge in [0.05, 0.1) is 7.11 Å². The van der Waals surface area contributed by atoms with Crippen molar-refractivity contribution in [3.8, 4) is 0 Å². The Morgan fingerprint density at radius 1 is 1.67 bits per heavy atom. The van der Waals surface area contributed by atoms with Gasteiger partial charge in [-0.15, -0.1) is 0 Å². The van der Waals surface area contributed by atoms with E-state index in [9.17, 15) is 0 Å². The Morgan fingerprint density at radius 3 is 2.89 bits per heavy atom. The molecule has 0 atom stereocenters. The first-order chi connectivity index (χ1) is 4.33. The molecule has 0 amide bonds. The molecule has 1 aliphatic rings. The average Bonchev–Trinajstić information content (AvgIpc) is 1.90. The van der Waals surface area contributed by atoms with Crippen LogP contribution < -0.4 is 0 Å². The molecule has 1 aliphatic heterocycles. The third-order valence-electron chi connectivity index (χ3n) is 1.24. The van der Waals surface area contributed by atoms with Gasteiger partial charge in [0.2, 0.25) is 0 Å². The molecule has 0 aromatic heterocycles. The predicted molar refractivity (Wildman–Crippen MR) is 37.5 cm³/mol. The second-order valence-electron chi connectivity index (χ2n) is 1.93. The highest BCUT2D eigenvalue weighted by Crippen LogP contribution is 2.08. The van der Waals surface area contributed by atoms with Crippen LogP contribution in [0.15, 0.2) is 16.7 Å². The Kier molecular flexibility index (Phi) is 1.93. The Hall–Kier alpha value is -0.725. The summed E-state index contributed by atoms with van der Waals surface area (Å²) < 4.78 is 4.89. The van der Waals surface area contributed by atoms with Crippen molar-refractivity contribution in [2.45, 2.75) is 12.8 Å². The molecular weight excluding hydrogens is 113 g/mol. The monoisotopic (exact) mass is 121 g/mol. The van der Waals surface area contributed by atoms with Gasteiger partial charge in [0.15, 0.2) is 5.90 Å². The lowest BCUT2D eigenvalue weighted by atomic mass is 9.91. The average molecular weight is 121 g/mol. The molecule has 0 aliphatic carbocycles. The van der Waals surface area contributed by atoms with E-state index in [-0.39, 0.29) is 0 Å². The quantitative estimate of drug-likeness (QED) is 0.435. The molecule has 2 nitrogen and oxygen atoms in total.